The summed E-state index contributed by atoms with van der Waals surface area (Å²) in [4.78, 5) is 16.2. The molecule has 0 spiro atoms. The van der Waals surface area contributed by atoms with Gasteiger partial charge in [0.25, 0.3) is 0 Å². The number of fused-ring (bicyclic) bond motifs is 2. The number of piperidine rings is 1. The van der Waals surface area contributed by atoms with Gasteiger partial charge in [-0.15, -0.1) is 4.28 Å². The number of hydrogen-bond donors (Lipinski definition) is 1. The first-order valence-corrected chi connectivity index (χ1v) is 10.9. The van der Waals surface area contributed by atoms with E-state index in [2.05, 4.69) is 21.3 Å². The summed E-state index contributed by atoms with van der Waals surface area (Å²) >= 11 is 0. The maximum atomic E-state index is 12.6. The quantitative estimate of drug-likeness (QED) is 0.609. The van der Waals surface area contributed by atoms with Gasteiger partial charge in [0.15, 0.2) is 0 Å². The van der Waals surface area contributed by atoms with Gasteiger partial charge in [0, 0.05) is 18.5 Å². The fourth-order valence-electron chi connectivity index (χ4n) is 3.98. The lowest BCUT2D eigenvalue weighted by atomic mass is 9.94. The van der Waals surface area contributed by atoms with E-state index in [0.29, 0.717) is 25.1 Å². The number of rotatable bonds is 9. The van der Waals surface area contributed by atoms with Crippen LogP contribution in [0, 0.1) is 0 Å². The molecular weight excluding hydrogens is 388 g/mol. The van der Waals surface area contributed by atoms with E-state index in [9.17, 15) is 13.2 Å². The predicted molar refractivity (Wildman–Crippen MR) is 99.7 cm³/mol. The molecule has 3 atom stereocenters. The molecule has 0 radical (unpaired) electrons. The SMILES string of the molecule is CCCC(CCN(C)C)c1cc([C@@H]2CC[C@H]3CN2C(=O)N3OS(=O)(=O)O)no1. The van der Waals surface area contributed by atoms with Crippen molar-refractivity contribution in [1.82, 2.24) is 20.0 Å². The molecule has 11 heteroatoms. The molecule has 2 saturated heterocycles. The molecule has 28 heavy (non-hydrogen) atoms. The Kier molecular flexibility index (Phi) is 6.28. The smallest absolute Gasteiger partial charge is 0.361 e. The van der Waals surface area contributed by atoms with E-state index in [1.807, 2.05) is 20.2 Å². The predicted octanol–water partition coefficient (Wildman–Crippen LogP) is 2.19. The van der Waals surface area contributed by atoms with Crippen molar-refractivity contribution in [3.05, 3.63) is 17.5 Å². The highest BCUT2D eigenvalue weighted by Crippen LogP contribution is 2.39. The van der Waals surface area contributed by atoms with Crippen LogP contribution in [0.5, 0.6) is 0 Å². The van der Waals surface area contributed by atoms with Gasteiger partial charge in [-0.3, -0.25) is 4.55 Å². The minimum atomic E-state index is -4.75. The van der Waals surface area contributed by atoms with Gasteiger partial charge >= 0.3 is 16.4 Å². The van der Waals surface area contributed by atoms with Gasteiger partial charge in [0.2, 0.25) is 0 Å². The van der Waals surface area contributed by atoms with Crippen LogP contribution < -0.4 is 0 Å². The van der Waals surface area contributed by atoms with E-state index < -0.39 is 22.5 Å². The first kappa shape index (κ1) is 21.0. The Morgan fingerprint density at radius 1 is 1.39 bits per heavy atom. The minimum absolute atomic E-state index is 0.263. The molecule has 2 aliphatic heterocycles. The number of urea groups is 1. The molecule has 10 nitrogen and oxygen atoms in total. The zero-order valence-electron chi connectivity index (χ0n) is 16.4. The molecule has 0 saturated carbocycles. The van der Waals surface area contributed by atoms with Gasteiger partial charge in [0.1, 0.15) is 11.5 Å². The fourth-order valence-corrected chi connectivity index (χ4v) is 4.37. The largest absolute Gasteiger partial charge is 0.418 e. The van der Waals surface area contributed by atoms with Gasteiger partial charge in [0.05, 0.1) is 12.1 Å². The number of nitrogens with zero attached hydrogens (tertiary/aromatic N) is 4. The van der Waals surface area contributed by atoms with E-state index in [0.717, 1.165) is 36.6 Å². The summed E-state index contributed by atoms with van der Waals surface area (Å²) in [6, 6.07) is 0.616. The van der Waals surface area contributed by atoms with Gasteiger partial charge in [-0.25, -0.2) is 4.79 Å². The summed E-state index contributed by atoms with van der Waals surface area (Å²) < 4.78 is 41.0. The average Bonchev–Trinajstić information content (AvgIpc) is 3.18. The normalized spacial score (nSPS) is 23.7. The van der Waals surface area contributed by atoms with Crippen molar-refractivity contribution in [3.8, 4) is 0 Å². The lowest BCUT2D eigenvalue weighted by Gasteiger charge is -2.28. The third-order valence-corrected chi connectivity index (χ3v) is 5.70. The highest BCUT2D eigenvalue weighted by atomic mass is 32.3. The number of carbonyl (C=O) groups is 1. The lowest BCUT2D eigenvalue weighted by molar-refractivity contribution is -0.0317. The Balaban J connectivity index is 1.74. The van der Waals surface area contributed by atoms with E-state index >= 15 is 0 Å². The van der Waals surface area contributed by atoms with Gasteiger partial charge in [-0.05, 0) is 46.3 Å². The second-order valence-corrected chi connectivity index (χ2v) is 8.75. The summed E-state index contributed by atoms with van der Waals surface area (Å²) in [5, 5.41) is 4.95. The van der Waals surface area contributed by atoms with E-state index in [-0.39, 0.29) is 12.0 Å². The minimum Gasteiger partial charge on any atom is -0.361 e. The average molecular weight is 417 g/mol. The van der Waals surface area contributed by atoms with E-state index in [4.69, 9.17) is 9.08 Å². The third-order valence-electron chi connectivity index (χ3n) is 5.35. The molecule has 2 amide bonds. The standard InChI is InChI=1S/C17H28N4O6S/c1-4-5-12(8-9-19(2)3)16-10-14(18-26-16)15-7-6-13-11-20(15)17(22)21(13)27-28(23,24)25/h10,12-13,15H,4-9,11H2,1-3H3,(H,23,24,25)/t12?,13-,15-/m0/s1. The Bertz CT molecular complexity index is 795. The molecule has 1 aromatic rings. The Labute approximate surface area is 165 Å². The van der Waals surface area contributed by atoms with Crippen molar-refractivity contribution in [1.29, 1.82) is 0 Å². The molecule has 2 bridgehead atoms. The van der Waals surface area contributed by atoms with Crippen molar-refractivity contribution in [3.63, 3.8) is 0 Å². The molecule has 158 valence electrons. The van der Waals surface area contributed by atoms with Gasteiger partial charge < -0.3 is 14.3 Å². The summed E-state index contributed by atoms with van der Waals surface area (Å²) in [6.45, 7) is 3.40. The zero-order valence-corrected chi connectivity index (χ0v) is 17.3. The lowest BCUT2D eigenvalue weighted by Crippen LogP contribution is -2.35. The van der Waals surface area contributed by atoms with Crippen molar-refractivity contribution < 1.29 is 26.6 Å². The summed E-state index contributed by atoms with van der Waals surface area (Å²) in [5.74, 6) is 1.08. The molecule has 1 unspecified atom stereocenters. The van der Waals surface area contributed by atoms with Crippen molar-refractivity contribution >= 4 is 16.4 Å². The zero-order chi connectivity index (χ0) is 20.5. The molecule has 3 heterocycles. The van der Waals surface area contributed by atoms with Crippen molar-refractivity contribution in [2.24, 2.45) is 0 Å². The van der Waals surface area contributed by atoms with Crippen LogP contribution in [0.1, 0.15) is 62.4 Å². The van der Waals surface area contributed by atoms with Crippen molar-refractivity contribution in [2.45, 2.75) is 57.0 Å². The van der Waals surface area contributed by atoms with E-state index in [1.54, 1.807) is 0 Å². The number of hydroxylamine groups is 2. The number of carbonyl (C=O) groups excluding carboxylic acids is 1. The Hall–Kier alpha value is -1.69. The number of hydrogen-bond acceptors (Lipinski definition) is 7. The molecule has 1 aromatic heterocycles. The molecule has 2 aliphatic rings. The summed E-state index contributed by atoms with van der Waals surface area (Å²) in [5.41, 5.74) is 0.668. The van der Waals surface area contributed by atoms with E-state index in [1.165, 1.54) is 4.90 Å². The number of amides is 2. The van der Waals surface area contributed by atoms with Crippen LogP contribution in [0.3, 0.4) is 0 Å². The van der Waals surface area contributed by atoms with Gasteiger partial charge in [-0.1, -0.05) is 18.5 Å². The molecular formula is C17H28N4O6S. The molecule has 3 rings (SSSR count). The molecule has 1 N–H and O–H groups in total. The van der Waals surface area contributed by atoms with Crippen LogP contribution in [0.15, 0.2) is 10.6 Å². The molecule has 0 aromatic carbocycles. The van der Waals surface area contributed by atoms with Gasteiger partial charge in [-0.2, -0.15) is 13.5 Å². The van der Waals surface area contributed by atoms with Crippen LogP contribution in [0.2, 0.25) is 0 Å². The van der Waals surface area contributed by atoms with Crippen LogP contribution >= 0.6 is 0 Å². The monoisotopic (exact) mass is 416 g/mol. The first-order valence-electron chi connectivity index (χ1n) is 9.57. The Morgan fingerprint density at radius 3 is 2.79 bits per heavy atom. The van der Waals surface area contributed by atoms with Crippen molar-refractivity contribution in [2.75, 3.05) is 27.2 Å². The maximum absolute atomic E-state index is 12.6. The summed E-state index contributed by atoms with van der Waals surface area (Å²) in [7, 11) is -0.679. The molecule has 0 aliphatic carbocycles. The second kappa shape index (κ2) is 8.36. The second-order valence-electron chi connectivity index (χ2n) is 7.74. The molecule has 2 fully saturated rings. The first-order chi connectivity index (χ1) is 13.2. The summed E-state index contributed by atoms with van der Waals surface area (Å²) in [6.07, 6.45) is 4.15. The number of aromatic nitrogens is 1. The fraction of sp³-hybridized carbons (Fsp3) is 0.765. The maximum Gasteiger partial charge on any atom is 0.418 e. The Morgan fingerprint density at radius 2 is 2.14 bits per heavy atom. The highest BCUT2D eigenvalue weighted by molar-refractivity contribution is 7.80. The van der Waals surface area contributed by atoms with Crippen LogP contribution in [0.25, 0.3) is 0 Å². The van der Waals surface area contributed by atoms with Crippen LogP contribution in [-0.4, -0.2) is 72.2 Å². The topological polar surface area (TPSA) is 116 Å². The van der Waals surface area contributed by atoms with Crippen LogP contribution in [-0.2, 0) is 14.7 Å². The highest BCUT2D eigenvalue weighted by Gasteiger charge is 2.48. The third kappa shape index (κ3) is 4.65. The van der Waals surface area contributed by atoms with Crippen LogP contribution in [0.4, 0.5) is 4.79 Å².